The molecule has 4 rings (SSSR count). The third-order valence-corrected chi connectivity index (χ3v) is 4.71. The Balaban J connectivity index is 1.48. The molecule has 0 fully saturated rings. The maximum atomic E-state index is 12.6. The van der Waals surface area contributed by atoms with Crippen molar-refractivity contribution in [2.45, 2.75) is 19.6 Å². The molecular formula is C23H19N3O3. The lowest BCUT2D eigenvalue weighted by molar-refractivity contribution is 0.0335. The molecule has 0 aliphatic rings. The number of carbonyl (C=O) groups is 1. The van der Waals surface area contributed by atoms with Crippen LogP contribution >= 0.6 is 0 Å². The molecule has 0 saturated carbocycles. The van der Waals surface area contributed by atoms with Crippen LogP contribution in [-0.2, 0) is 24.3 Å². The van der Waals surface area contributed by atoms with Crippen LogP contribution in [0.2, 0.25) is 0 Å². The highest BCUT2D eigenvalue weighted by Crippen LogP contribution is 2.14. The summed E-state index contributed by atoms with van der Waals surface area (Å²) in [6.45, 7) is -0.289. The fourth-order valence-electron chi connectivity index (χ4n) is 3.17. The molecule has 0 unspecified atom stereocenters. The molecule has 3 aromatic carbocycles. The van der Waals surface area contributed by atoms with Crippen LogP contribution in [0.5, 0.6) is 0 Å². The molecule has 144 valence electrons. The second-order valence-electron chi connectivity index (χ2n) is 6.61. The number of benzene rings is 3. The summed E-state index contributed by atoms with van der Waals surface area (Å²) in [5.41, 5.74) is 2.75. The summed E-state index contributed by atoms with van der Waals surface area (Å²) >= 11 is 0. The van der Waals surface area contributed by atoms with E-state index in [9.17, 15) is 9.59 Å². The highest BCUT2D eigenvalue weighted by molar-refractivity contribution is 5.91. The monoisotopic (exact) mass is 385 g/mol. The van der Waals surface area contributed by atoms with Crippen LogP contribution in [0.1, 0.15) is 21.5 Å². The molecule has 0 aliphatic heterocycles. The standard InChI is InChI=1S/C23H19N3O3/c27-22-20-12-6-7-13-21(20)24-25-26(22)16-29-23(28)19-11-5-4-10-18(19)15-14-17-8-2-1-3-9-17/h1-13H,14-16H2. The lowest BCUT2D eigenvalue weighted by atomic mass is 10.00. The van der Waals surface area contributed by atoms with Crippen LogP contribution in [0.25, 0.3) is 10.9 Å². The van der Waals surface area contributed by atoms with Crippen molar-refractivity contribution in [3.8, 4) is 0 Å². The molecular weight excluding hydrogens is 366 g/mol. The van der Waals surface area contributed by atoms with E-state index in [-0.39, 0.29) is 12.3 Å². The summed E-state index contributed by atoms with van der Waals surface area (Å²) in [4.78, 5) is 25.1. The molecule has 6 heteroatoms. The van der Waals surface area contributed by atoms with E-state index < -0.39 is 5.97 Å². The molecule has 0 radical (unpaired) electrons. The number of esters is 1. The number of hydrogen-bond acceptors (Lipinski definition) is 5. The first-order valence-electron chi connectivity index (χ1n) is 9.34. The van der Waals surface area contributed by atoms with E-state index in [1.165, 1.54) is 5.56 Å². The lowest BCUT2D eigenvalue weighted by Crippen LogP contribution is -2.26. The molecule has 0 amide bonds. The third-order valence-electron chi connectivity index (χ3n) is 4.71. The maximum absolute atomic E-state index is 12.6. The van der Waals surface area contributed by atoms with Gasteiger partial charge in [0.15, 0.2) is 6.73 Å². The molecule has 0 saturated heterocycles. The van der Waals surface area contributed by atoms with Crippen LogP contribution in [0.3, 0.4) is 0 Å². The number of carbonyl (C=O) groups excluding carboxylic acids is 1. The van der Waals surface area contributed by atoms with Gasteiger partial charge in [-0.15, -0.1) is 5.10 Å². The van der Waals surface area contributed by atoms with Crippen molar-refractivity contribution >= 4 is 16.9 Å². The van der Waals surface area contributed by atoms with Gasteiger partial charge in [-0.2, -0.15) is 4.68 Å². The van der Waals surface area contributed by atoms with E-state index in [1.807, 2.05) is 30.3 Å². The Morgan fingerprint density at radius 1 is 0.862 bits per heavy atom. The Morgan fingerprint density at radius 3 is 2.45 bits per heavy atom. The van der Waals surface area contributed by atoms with Crippen molar-refractivity contribution in [3.63, 3.8) is 0 Å². The predicted octanol–water partition coefficient (Wildman–Crippen LogP) is 3.39. The van der Waals surface area contributed by atoms with Gasteiger partial charge in [-0.25, -0.2) is 4.79 Å². The van der Waals surface area contributed by atoms with Crippen molar-refractivity contribution in [1.82, 2.24) is 15.0 Å². The highest BCUT2D eigenvalue weighted by Gasteiger charge is 2.14. The van der Waals surface area contributed by atoms with E-state index in [0.29, 0.717) is 22.9 Å². The molecule has 6 nitrogen and oxygen atoms in total. The Bertz CT molecular complexity index is 1200. The molecule has 0 aliphatic carbocycles. The van der Waals surface area contributed by atoms with Gasteiger partial charge in [0.25, 0.3) is 5.56 Å². The second kappa shape index (κ2) is 8.48. The summed E-state index contributed by atoms with van der Waals surface area (Å²) in [6, 6.07) is 24.4. The van der Waals surface area contributed by atoms with Gasteiger partial charge in [0.05, 0.1) is 10.9 Å². The zero-order valence-electron chi connectivity index (χ0n) is 15.7. The summed E-state index contributed by atoms with van der Waals surface area (Å²) in [6.07, 6.45) is 1.53. The van der Waals surface area contributed by atoms with Gasteiger partial charge in [-0.1, -0.05) is 65.9 Å². The first kappa shape index (κ1) is 18.6. The van der Waals surface area contributed by atoms with Crippen LogP contribution in [-0.4, -0.2) is 21.0 Å². The van der Waals surface area contributed by atoms with Crippen LogP contribution in [0.15, 0.2) is 83.7 Å². The fourth-order valence-corrected chi connectivity index (χ4v) is 3.17. The molecule has 1 heterocycles. The fraction of sp³-hybridized carbons (Fsp3) is 0.130. The topological polar surface area (TPSA) is 74.1 Å². The normalized spacial score (nSPS) is 10.8. The van der Waals surface area contributed by atoms with E-state index in [4.69, 9.17) is 4.74 Å². The number of rotatable bonds is 6. The number of nitrogens with zero attached hydrogens (tertiary/aromatic N) is 3. The molecule has 1 aromatic heterocycles. The summed E-state index contributed by atoms with van der Waals surface area (Å²) in [7, 11) is 0. The van der Waals surface area contributed by atoms with Crippen molar-refractivity contribution in [2.75, 3.05) is 0 Å². The molecule has 0 N–H and O–H groups in total. The molecule has 4 aromatic rings. The number of aromatic nitrogens is 3. The summed E-state index contributed by atoms with van der Waals surface area (Å²) in [5.74, 6) is -0.490. The van der Waals surface area contributed by atoms with Crippen LogP contribution in [0, 0.1) is 0 Å². The molecule has 29 heavy (non-hydrogen) atoms. The smallest absolute Gasteiger partial charge is 0.340 e. The minimum atomic E-state index is -0.490. The number of hydrogen-bond donors (Lipinski definition) is 0. The number of fused-ring (bicyclic) bond motifs is 1. The van der Waals surface area contributed by atoms with E-state index in [0.717, 1.165) is 16.7 Å². The van der Waals surface area contributed by atoms with Crippen molar-refractivity contribution in [2.24, 2.45) is 0 Å². The number of aryl methyl sites for hydroxylation is 2. The van der Waals surface area contributed by atoms with Gasteiger partial charge in [-0.05, 0) is 42.2 Å². The quantitative estimate of drug-likeness (QED) is 0.476. The van der Waals surface area contributed by atoms with Crippen LogP contribution < -0.4 is 5.56 Å². The summed E-state index contributed by atoms with van der Waals surface area (Å²) < 4.78 is 6.41. The maximum Gasteiger partial charge on any atom is 0.340 e. The zero-order chi connectivity index (χ0) is 20.1. The largest absolute Gasteiger partial charge is 0.439 e. The van der Waals surface area contributed by atoms with E-state index >= 15 is 0 Å². The van der Waals surface area contributed by atoms with Gasteiger partial charge >= 0.3 is 5.97 Å². The zero-order valence-corrected chi connectivity index (χ0v) is 15.7. The molecule has 0 spiro atoms. The van der Waals surface area contributed by atoms with E-state index in [1.54, 1.807) is 36.4 Å². The average Bonchev–Trinajstić information content (AvgIpc) is 2.78. The highest BCUT2D eigenvalue weighted by atomic mass is 16.5. The molecule has 0 atom stereocenters. The minimum absolute atomic E-state index is 0.289. The van der Waals surface area contributed by atoms with Gasteiger partial charge in [-0.3, -0.25) is 4.79 Å². The first-order chi connectivity index (χ1) is 14.2. The predicted molar refractivity (Wildman–Crippen MR) is 110 cm³/mol. The second-order valence-corrected chi connectivity index (χ2v) is 6.61. The van der Waals surface area contributed by atoms with Crippen molar-refractivity contribution < 1.29 is 9.53 Å². The number of ether oxygens (including phenoxy) is 1. The SMILES string of the molecule is O=C(OCn1nnc2ccccc2c1=O)c1ccccc1CCc1ccccc1. The van der Waals surface area contributed by atoms with Gasteiger partial charge in [0.1, 0.15) is 5.52 Å². The molecule has 0 bridgehead atoms. The van der Waals surface area contributed by atoms with Crippen molar-refractivity contribution in [3.05, 3.63) is 106 Å². The van der Waals surface area contributed by atoms with Gasteiger partial charge < -0.3 is 4.74 Å². The Morgan fingerprint density at radius 2 is 1.59 bits per heavy atom. The Labute approximate surface area is 167 Å². The average molecular weight is 385 g/mol. The van der Waals surface area contributed by atoms with Gasteiger partial charge in [0, 0.05) is 0 Å². The van der Waals surface area contributed by atoms with Crippen molar-refractivity contribution in [1.29, 1.82) is 0 Å². The summed E-state index contributed by atoms with van der Waals surface area (Å²) in [5, 5.41) is 8.27. The lowest BCUT2D eigenvalue weighted by Gasteiger charge is -2.10. The Hall–Kier alpha value is -3.80. The van der Waals surface area contributed by atoms with Gasteiger partial charge in [0.2, 0.25) is 0 Å². The van der Waals surface area contributed by atoms with E-state index in [2.05, 4.69) is 22.4 Å². The first-order valence-corrected chi connectivity index (χ1v) is 9.34. The van der Waals surface area contributed by atoms with Crippen LogP contribution in [0.4, 0.5) is 0 Å². The third kappa shape index (κ3) is 4.21. The minimum Gasteiger partial charge on any atom is -0.439 e. The Kier molecular flexibility index (Phi) is 5.42.